The zero-order chi connectivity index (χ0) is 13.9. The molecule has 0 spiro atoms. The molecule has 0 unspecified atom stereocenters. The van der Waals surface area contributed by atoms with Crippen LogP contribution in [0.4, 0.5) is 4.39 Å². The summed E-state index contributed by atoms with van der Waals surface area (Å²) in [6.45, 7) is 2.58. The van der Waals surface area contributed by atoms with E-state index in [0.717, 1.165) is 16.9 Å². The van der Waals surface area contributed by atoms with Crippen molar-refractivity contribution in [3.05, 3.63) is 71.6 Å². The third kappa shape index (κ3) is 2.45. The minimum Gasteiger partial charge on any atom is -0.457 e. The molecule has 0 amide bonds. The van der Waals surface area contributed by atoms with Gasteiger partial charge in [-0.1, -0.05) is 18.2 Å². The minimum absolute atomic E-state index is 0.134. The molecule has 102 valence electrons. The Morgan fingerprint density at radius 3 is 2.60 bits per heavy atom. The van der Waals surface area contributed by atoms with Crippen molar-refractivity contribution in [3.63, 3.8) is 0 Å². The molecule has 0 aromatic heterocycles. The molecule has 2 aromatic carbocycles. The van der Waals surface area contributed by atoms with Gasteiger partial charge in [0.05, 0.1) is 0 Å². The number of rotatable bonds is 3. The van der Waals surface area contributed by atoms with Crippen molar-refractivity contribution >= 4 is 5.76 Å². The van der Waals surface area contributed by atoms with Crippen LogP contribution < -0.4 is 4.74 Å². The summed E-state index contributed by atoms with van der Waals surface area (Å²) in [6.07, 6.45) is 1.80. The molecule has 0 saturated carbocycles. The van der Waals surface area contributed by atoms with Crippen LogP contribution in [0.15, 0.2) is 54.6 Å². The lowest BCUT2D eigenvalue weighted by Gasteiger charge is -2.24. The van der Waals surface area contributed by atoms with Crippen molar-refractivity contribution in [2.75, 3.05) is 6.61 Å². The van der Waals surface area contributed by atoms with Gasteiger partial charge in [0.15, 0.2) is 0 Å². The second-order valence-corrected chi connectivity index (χ2v) is 4.55. The van der Waals surface area contributed by atoms with Crippen molar-refractivity contribution in [2.45, 2.75) is 13.0 Å². The van der Waals surface area contributed by atoms with Gasteiger partial charge in [-0.05, 0) is 43.3 Å². The lowest BCUT2D eigenvalue weighted by molar-refractivity contribution is 0.0918. The molecule has 1 atom stereocenters. The highest BCUT2D eigenvalue weighted by molar-refractivity contribution is 5.66. The maximum absolute atomic E-state index is 13.0. The average molecular weight is 270 g/mol. The first kappa shape index (κ1) is 12.9. The fraction of sp³-hybridized carbons (Fsp3) is 0.176. The molecule has 3 rings (SSSR count). The van der Waals surface area contributed by atoms with Crippen LogP contribution in [0.1, 0.15) is 24.2 Å². The van der Waals surface area contributed by atoms with Crippen LogP contribution in [0.3, 0.4) is 0 Å². The van der Waals surface area contributed by atoms with Gasteiger partial charge < -0.3 is 9.47 Å². The quantitative estimate of drug-likeness (QED) is 0.826. The molecule has 2 aromatic rings. The molecule has 20 heavy (non-hydrogen) atoms. The SMILES string of the molecule is CCO[C@@H]1C=C(c2ccc(F)cc2)Oc2ccccc21. The molecule has 0 N–H and O–H groups in total. The molecule has 1 heterocycles. The summed E-state index contributed by atoms with van der Waals surface area (Å²) in [4.78, 5) is 0. The number of ether oxygens (including phenoxy) is 2. The third-order valence-corrected chi connectivity index (χ3v) is 3.22. The van der Waals surface area contributed by atoms with Crippen LogP contribution in [0.25, 0.3) is 5.76 Å². The van der Waals surface area contributed by atoms with Crippen LogP contribution in [-0.4, -0.2) is 6.61 Å². The third-order valence-electron chi connectivity index (χ3n) is 3.22. The molecular weight excluding hydrogens is 255 g/mol. The number of para-hydroxylation sites is 1. The van der Waals surface area contributed by atoms with E-state index < -0.39 is 0 Å². The summed E-state index contributed by atoms with van der Waals surface area (Å²) in [5, 5.41) is 0. The van der Waals surface area contributed by atoms with Gasteiger partial charge in [-0.25, -0.2) is 4.39 Å². The first-order chi connectivity index (χ1) is 9.78. The van der Waals surface area contributed by atoms with E-state index in [1.807, 2.05) is 37.3 Å². The lowest BCUT2D eigenvalue weighted by Crippen LogP contribution is -2.11. The Labute approximate surface area is 117 Å². The average Bonchev–Trinajstić information content (AvgIpc) is 2.48. The topological polar surface area (TPSA) is 18.5 Å². The monoisotopic (exact) mass is 270 g/mol. The van der Waals surface area contributed by atoms with Gasteiger partial charge in [0.2, 0.25) is 0 Å². The fourth-order valence-electron chi connectivity index (χ4n) is 2.28. The number of fused-ring (bicyclic) bond motifs is 1. The Morgan fingerprint density at radius 2 is 1.85 bits per heavy atom. The van der Waals surface area contributed by atoms with Crippen molar-refractivity contribution < 1.29 is 13.9 Å². The molecule has 0 aliphatic carbocycles. The van der Waals surface area contributed by atoms with E-state index in [-0.39, 0.29) is 11.9 Å². The summed E-state index contributed by atoms with van der Waals surface area (Å²) >= 11 is 0. The van der Waals surface area contributed by atoms with Crippen LogP contribution in [0, 0.1) is 5.82 Å². The Balaban J connectivity index is 1.99. The molecule has 3 heteroatoms. The summed E-state index contributed by atoms with van der Waals surface area (Å²) < 4.78 is 24.7. The molecule has 2 nitrogen and oxygen atoms in total. The van der Waals surface area contributed by atoms with Crippen LogP contribution in [0.2, 0.25) is 0 Å². The van der Waals surface area contributed by atoms with E-state index in [1.54, 1.807) is 12.1 Å². The molecule has 0 radical (unpaired) electrons. The van der Waals surface area contributed by atoms with Crippen molar-refractivity contribution in [1.29, 1.82) is 0 Å². The van der Waals surface area contributed by atoms with Crippen LogP contribution in [0.5, 0.6) is 5.75 Å². The number of benzene rings is 2. The predicted molar refractivity (Wildman–Crippen MR) is 75.8 cm³/mol. The fourth-order valence-corrected chi connectivity index (χ4v) is 2.28. The molecular formula is C17H15FO2. The maximum Gasteiger partial charge on any atom is 0.133 e. The minimum atomic E-state index is -0.257. The summed E-state index contributed by atoms with van der Waals surface area (Å²) in [7, 11) is 0. The Hall–Kier alpha value is -2.13. The van der Waals surface area contributed by atoms with E-state index in [4.69, 9.17) is 9.47 Å². The molecule has 1 aliphatic heterocycles. The van der Waals surface area contributed by atoms with Gasteiger partial charge >= 0.3 is 0 Å². The molecule has 0 saturated heterocycles. The largest absolute Gasteiger partial charge is 0.457 e. The van der Waals surface area contributed by atoms with Crippen molar-refractivity contribution in [1.82, 2.24) is 0 Å². The van der Waals surface area contributed by atoms with E-state index in [9.17, 15) is 4.39 Å². The van der Waals surface area contributed by atoms with E-state index >= 15 is 0 Å². The predicted octanol–water partition coefficient (Wildman–Crippen LogP) is 4.34. The number of hydrogen-bond donors (Lipinski definition) is 0. The highest BCUT2D eigenvalue weighted by Crippen LogP contribution is 2.37. The Bertz CT molecular complexity index is 632. The maximum atomic E-state index is 13.0. The van der Waals surface area contributed by atoms with Crippen LogP contribution in [-0.2, 0) is 4.74 Å². The lowest BCUT2D eigenvalue weighted by atomic mass is 10.0. The van der Waals surface area contributed by atoms with Gasteiger partial charge in [-0.15, -0.1) is 0 Å². The Kier molecular flexibility index (Phi) is 3.52. The highest BCUT2D eigenvalue weighted by atomic mass is 19.1. The van der Waals surface area contributed by atoms with Gasteiger partial charge in [0.1, 0.15) is 23.4 Å². The highest BCUT2D eigenvalue weighted by Gasteiger charge is 2.22. The van der Waals surface area contributed by atoms with Crippen molar-refractivity contribution in [3.8, 4) is 5.75 Å². The second-order valence-electron chi connectivity index (χ2n) is 4.55. The van der Waals surface area contributed by atoms with E-state index in [0.29, 0.717) is 12.4 Å². The summed E-state index contributed by atoms with van der Waals surface area (Å²) in [5.41, 5.74) is 1.85. The number of halogens is 1. The summed E-state index contributed by atoms with van der Waals surface area (Å²) in [5.74, 6) is 1.22. The van der Waals surface area contributed by atoms with Gasteiger partial charge in [0, 0.05) is 17.7 Å². The molecule has 1 aliphatic rings. The van der Waals surface area contributed by atoms with Crippen LogP contribution >= 0.6 is 0 Å². The van der Waals surface area contributed by atoms with Gasteiger partial charge in [0.25, 0.3) is 0 Å². The van der Waals surface area contributed by atoms with Crippen molar-refractivity contribution in [2.24, 2.45) is 0 Å². The number of hydrogen-bond acceptors (Lipinski definition) is 2. The second kappa shape index (κ2) is 5.47. The molecule has 0 fully saturated rings. The van der Waals surface area contributed by atoms with E-state index in [2.05, 4.69) is 0 Å². The van der Waals surface area contributed by atoms with Gasteiger partial charge in [-0.2, -0.15) is 0 Å². The first-order valence-electron chi connectivity index (χ1n) is 6.64. The molecule has 0 bridgehead atoms. The zero-order valence-corrected chi connectivity index (χ0v) is 11.2. The normalized spacial score (nSPS) is 17.1. The zero-order valence-electron chi connectivity index (χ0n) is 11.2. The Morgan fingerprint density at radius 1 is 1.10 bits per heavy atom. The first-order valence-corrected chi connectivity index (χ1v) is 6.64. The summed E-state index contributed by atoms with van der Waals surface area (Å²) in [6, 6.07) is 14.1. The van der Waals surface area contributed by atoms with E-state index in [1.165, 1.54) is 12.1 Å². The smallest absolute Gasteiger partial charge is 0.133 e. The standard InChI is InChI=1S/C17H15FO2/c1-2-19-17-11-16(12-7-9-13(18)10-8-12)20-15-6-4-3-5-14(15)17/h3-11,17H,2H2,1H3/t17-/m1/s1. The van der Waals surface area contributed by atoms with Gasteiger partial charge in [-0.3, -0.25) is 0 Å².